The highest BCUT2D eigenvalue weighted by Crippen LogP contribution is 2.38. The van der Waals surface area contributed by atoms with Gasteiger partial charge >= 0.3 is 18.0 Å². The molecule has 0 aromatic rings. The van der Waals surface area contributed by atoms with E-state index in [1.165, 1.54) is 0 Å². The Bertz CT molecular complexity index is 252. The second kappa shape index (κ2) is 4.16. The Labute approximate surface area is 82.5 Å². The first kappa shape index (κ1) is 13.2. The molecule has 7 heteroatoms. The molecular weight excluding hydrogens is 228 g/mol. The van der Waals surface area contributed by atoms with E-state index in [0.717, 1.165) is 6.92 Å². The van der Waals surface area contributed by atoms with E-state index in [1.807, 2.05) is 0 Å². The van der Waals surface area contributed by atoms with E-state index in [-0.39, 0.29) is 0 Å². The van der Waals surface area contributed by atoms with Gasteiger partial charge in [-0.05, 0) is 0 Å². The van der Waals surface area contributed by atoms with Crippen molar-refractivity contribution in [1.82, 2.24) is 0 Å². The molecule has 0 rings (SSSR count). The lowest BCUT2D eigenvalue weighted by molar-refractivity contribution is -0.329. The Morgan fingerprint density at radius 1 is 1.43 bits per heavy atom. The number of carbonyl (C=O) groups is 1. The number of esters is 1. The highest BCUT2D eigenvalue weighted by Gasteiger charge is 2.58. The van der Waals surface area contributed by atoms with Crippen LogP contribution in [0.1, 0.15) is 13.3 Å². The van der Waals surface area contributed by atoms with Gasteiger partial charge < -0.3 is 4.74 Å². The van der Waals surface area contributed by atoms with Gasteiger partial charge in [-0.25, -0.2) is 4.79 Å². The summed E-state index contributed by atoms with van der Waals surface area (Å²) in [5.74, 6) is -6.19. The third-order valence-electron chi connectivity index (χ3n) is 1.31. The molecule has 0 bridgehead atoms. The minimum atomic E-state index is -4.88. The van der Waals surface area contributed by atoms with Gasteiger partial charge in [0.1, 0.15) is 5.03 Å². The van der Waals surface area contributed by atoms with Crippen molar-refractivity contribution in [3.63, 3.8) is 0 Å². The quantitative estimate of drug-likeness (QED) is 0.425. The average molecular weight is 235 g/mol. The van der Waals surface area contributed by atoms with E-state index >= 15 is 0 Å². The van der Waals surface area contributed by atoms with Crippen LogP contribution in [-0.2, 0) is 9.53 Å². The van der Waals surface area contributed by atoms with Crippen LogP contribution in [0.15, 0.2) is 11.6 Å². The van der Waals surface area contributed by atoms with Crippen LogP contribution in [0, 0.1) is 0 Å². The van der Waals surface area contributed by atoms with E-state index < -0.39 is 29.5 Å². The number of carbonyl (C=O) groups excluding carboxylic acids is 1. The molecule has 2 nitrogen and oxygen atoms in total. The van der Waals surface area contributed by atoms with Crippen LogP contribution in [0.5, 0.6) is 0 Å². The summed E-state index contributed by atoms with van der Waals surface area (Å²) in [5, 5.41) is -0.892. The molecule has 0 atom stereocenters. The molecule has 0 saturated heterocycles. The predicted molar refractivity (Wildman–Crippen MR) is 41.3 cm³/mol. The summed E-state index contributed by atoms with van der Waals surface area (Å²) in [6, 6.07) is 0. The van der Waals surface area contributed by atoms with Crippen LogP contribution in [0.3, 0.4) is 0 Å². The van der Waals surface area contributed by atoms with Crippen molar-refractivity contribution >= 4 is 17.6 Å². The highest BCUT2D eigenvalue weighted by atomic mass is 35.5. The maximum absolute atomic E-state index is 12.5. The predicted octanol–water partition coefficient (Wildman–Crippen LogP) is 2.92. The van der Waals surface area contributed by atoms with Gasteiger partial charge in [-0.1, -0.05) is 25.1 Å². The summed E-state index contributed by atoms with van der Waals surface area (Å²) >= 11 is 4.88. The van der Waals surface area contributed by atoms with E-state index in [4.69, 9.17) is 11.6 Å². The molecule has 0 aliphatic carbocycles. The molecule has 0 aliphatic rings. The van der Waals surface area contributed by atoms with Crippen LogP contribution in [0.25, 0.3) is 0 Å². The van der Waals surface area contributed by atoms with Crippen molar-refractivity contribution in [1.29, 1.82) is 0 Å². The van der Waals surface area contributed by atoms with E-state index in [0.29, 0.717) is 0 Å². The molecule has 0 spiro atoms. The van der Waals surface area contributed by atoms with Gasteiger partial charge in [-0.3, -0.25) is 0 Å². The molecule has 82 valence electrons. The van der Waals surface area contributed by atoms with Crippen molar-refractivity contribution in [3.05, 3.63) is 11.6 Å². The summed E-state index contributed by atoms with van der Waals surface area (Å²) in [6.45, 7) is 3.59. The molecule has 0 aliphatic heterocycles. The molecule has 0 aromatic heterocycles. The molecule has 0 saturated carbocycles. The van der Waals surface area contributed by atoms with Gasteiger partial charge in [0.2, 0.25) is 0 Å². The summed E-state index contributed by atoms with van der Waals surface area (Å²) in [5.41, 5.74) is 0. The van der Waals surface area contributed by atoms with Crippen LogP contribution in [0.4, 0.5) is 17.6 Å². The SMILES string of the molecule is C=C(Cl)C(=O)OC(F)(F)C(F)(F)CC. The van der Waals surface area contributed by atoms with Crippen molar-refractivity contribution in [2.45, 2.75) is 25.4 Å². The average Bonchev–Trinajstić information content (AvgIpc) is 2.03. The zero-order valence-corrected chi connectivity index (χ0v) is 7.88. The number of ether oxygens (including phenoxy) is 1. The van der Waals surface area contributed by atoms with Gasteiger partial charge in [0.05, 0.1) is 0 Å². The topological polar surface area (TPSA) is 26.3 Å². The number of hydrogen-bond acceptors (Lipinski definition) is 2. The number of halogens is 5. The molecule has 0 radical (unpaired) electrons. The lowest BCUT2D eigenvalue weighted by Crippen LogP contribution is -2.43. The fourth-order valence-electron chi connectivity index (χ4n) is 0.452. The third kappa shape index (κ3) is 2.87. The van der Waals surface area contributed by atoms with Crippen LogP contribution in [0.2, 0.25) is 0 Å². The molecule has 0 heterocycles. The molecule has 14 heavy (non-hydrogen) atoms. The molecule has 0 amide bonds. The Balaban J connectivity index is 4.65. The first-order valence-electron chi connectivity index (χ1n) is 3.47. The van der Waals surface area contributed by atoms with Crippen molar-refractivity contribution in [2.24, 2.45) is 0 Å². The summed E-state index contributed by atoms with van der Waals surface area (Å²) in [4.78, 5) is 10.5. The first-order valence-corrected chi connectivity index (χ1v) is 3.85. The molecule has 0 unspecified atom stereocenters. The van der Waals surface area contributed by atoms with Gasteiger partial charge in [0, 0.05) is 6.42 Å². The van der Waals surface area contributed by atoms with Crippen LogP contribution in [-0.4, -0.2) is 18.0 Å². The number of alkyl halides is 4. The summed E-state index contributed by atoms with van der Waals surface area (Å²) in [6.07, 6.45) is -6.04. The van der Waals surface area contributed by atoms with Gasteiger partial charge in [-0.15, -0.1) is 0 Å². The smallest absolute Gasteiger partial charge is 0.392 e. The zero-order valence-electron chi connectivity index (χ0n) is 7.12. The summed E-state index contributed by atoms with van der Waals surface area (Å²) < 4.78 is 53.1. The van der Waals surface area contributed by atoms with Crippen molar-refractivity contribution in [2.75, 3.05) is 0 Å². The maximum Gasteiger partial charge on any atom is 0.466 e. The van der Waals surface area contributed by atoms with Gasteiger partial charge in [0.15, 0.2) is 0 Å². The normalized spacial score (nSPS) is 12.4. The largest absolute Gasteiger partial charge is 0.466 e. The van der Waals surface area contributed by atoms with Crippen molar-refractivity contribution in [3.8, 4) is 0 Å². The number of hydrogen-bond donors (Lipinski definition) is 0. The lowest BCUT2D eigenvalue weighted by Gasteiger charge is -2.24. The Morgan fingerprint density at radius 2 is 1.86 bits per heavy atom. The standard InChI is InChI=1S/C7H7ClF4O2/c1-3-6(9,10)7(11,12)14-5(13)4(2)8/h2-3H2,1H3. The fourth-order valence-corrected chi connectivity index (χ4v) is 0.491. The Morgan fingerprint density at radius 3 is 2.14 bits per heavy atom. The highest BCUT2D eigenvalue weighted by molar-refractivity contribution is 6.40. The van der Waals surface area contributed by atoms with E-state index in [2.05, 4.69) is 11.3 Å². The molecule has 0 fully saturated rings. The van der Waals surface area contributed by atoms with Gasteiger partial charge in [-0.2, -0.15) is 17.6 Å². The summed E-state index contributed by atoms with van der Waals surface area (Å²) in [7, 11) is 0. The third-order valence-corrected chi connectivity index (χ3v) is 1.47. The Kier molecular flexibility index (Phi) is 3.93. The lowest BCUT2D eigenvalue weighted by atomic mass is 10.2. The number of rotatable bonds is 4. The molecule has 0 N–H and O–H groups in total. The van der Waals surface area contributed by atoms with Gasteiger partial charge in [0.25, 0.3) is 0 Å². The second-order valence-corrected chi connectivity index (χ2v) is 2.83. The second-order valence-electron chi connectivity index (χ2n) is 2.37. The monoisotopic (exact) mass is 234 g/mol. The zero-order chi connectivity index (χ0) is 11.6. The first-order chi connectivity index (χ1) is 6.14. The Hall–Kier alpha value is -0.780. The maximum atomic E-state index is 12.5. The van der Waals surface area contributed by atoms with E-state index in [9.17, 15) is 22.4 Å². The van der Waals surface area contributed by atoms with Crippen LogP contribution >= 0.6 is 11.6 Å². The molecule has 0 aromatic carbocycles. The van der Waals surface area contributed by atoms with Crippen LogP contribution < -0.4 is 0 Å². The molecular formula is C7H7ClF4O2. The fraction of sp³-hybridized carbons (Fsp3) is 0.571. The van der Waals surface area contributed by atoms with Crippen molar-refractivity contribution < 1.29 is 27.1 Å². The van der Waals surface area contributed by atoms with E-state index in [1.54, 1.807) is 0 Å². The minimum absolute atomic E-state index is 0.831. The minimum Gasteiger partial charge on any atom is -0.392 e.